The highest BCUT2D eigenvalue weighted by molar-refractivity contribution is 7.15. The van der Waals surface area contributed by atoms with E-state index >= 15 is 0 Å². The zero-order valence-electron chi connectivity index (χ0n) is 18.2. The molecule has 2 aromatic heterocycles. The van der Waals surface area contributed by atoms with E-state index in [1.54, 1.807) is 24.4 Å². The van der Waals surface area contributed by atoms with Gasteiger partial charge in [-0.25, -0.2) is 4.98 Å². The Morgan fingerprint density at radius 2 is 1.91 bits per heavy atom. The van der Waals surface area contributed by atoms with Crippen LogP contribution in [0, 0.1) is 11.3 Å². The first-order valence-corrected chi connectivity index (χ1v) is 11.4. The van der Waals surface area contributed by atoms with Crippen LogP contribution in [0.5, 0.6) is 5.75 Å². The second-order valence-corrected chi connectivity index (χ2v) is 10.3. The van der Waals surface area contributed by atoms with Crippen molar-refractivity contribution in [3.8, 4) is 33.8 Å². The minimum atomic E-state index is 0.0230. The predicted octanol–water partition coefficient (Wildman–Crippen LogP) is 3.13. The number of nitrogens with one attached hydrogen (secondary N) is 1. The molecule has 2 saturated heterocycles. The lowest BCUT2D eigenvalue weighted by atomic mass is 9.84. The Labute approximate surface area is 190 Å². The summed E-state index contributed by atoms with van der Waals surface area (Å²) in [7, 11) is 2.05. The number of nitrogens with zero attached hydrogens (tertiary/aromatic N) is 7. The Morgan fingerprint density at radius 3 is 2.50 bits per heavy atom. The van der Waals surface area contributed by atoms with E-state index in [0.717, 1.165) is 18.7 Å². The molecule has 0 radical (unpaired) electrons. The monoisotopic (exact) mass is 448 g/mol. The number of phenolic OH excluding ortho intramolecular Hbond substituents is 1. The van der Waals surface area contributed by atoms with E-state index in [9.17, 15) is 5.11 Å². The molecule has 0 aliphatic carbocycles. The molecule has 2 N–H and O–H groups in total. The van der Waals surface area contributed by atoms with Gasteiger partial charge in [0.05, 0.1) is 11.8 Å². The molecule has 4 heterocycles. The molecule has 0 spiro atoms. The first-order valence-electron chi connectivity index (χ1n) is 10.6. The third-order valence-electron chi connectivity index (χ3n) is 6.67. The third kappa shape index (κ3) is 3.67. The lowest BCUT2D eigenvalue weighted by Gasteiger charge is -2.45. The quantitative estimate of drug-likeness (QED) is 0.619. The molecule has 5 rings (SSSR count). The predicted molar refractivity (Wildman–Crippen MR) is 121 cm³/mol. The lowest BCUT2D eigenvalue weighted by molar-refractivity contribution is 0.207. The molecule has 10 heteroatoms. The van der Waals surface area contributed by atoms with Gasteiger partial charge in [0.1, 0.15) is 16.8 Å². The number of hydrogen-bond acceptors (Lipinski definition) is 10. The van der Waals surface area contributed by atoms with Gasteiger partial charge in [0.2, 0.25) is 5.01 Å². The van der Waals surface area contributed by atoms with E-state index in [0.29, 0.717) is 28.0 Å². The molecule has 32 heavy (non-hydrogen) atoms. The van der Waals surface area contributed by atoms with E-state index < -0.39 is 0 Å². The van der Waals surface area contributed by atoms with E-state index in [1.807, 2.05) is 6.07 Å². The van der Waals surface area contributed by atoms with Crippen LogP contribution in [-0.4, -0.2) is 54.7 Å². The Balaban J connectivity index is 1.35. The molecule has 3 aromatic rings. The number of benzene rings is 1. The van der Waals surface area contributed by atoms with Crippen LogP contribution in [0.1, 0.15) is 44.5 Å². The van der Waals surface area contributed by atoms with Gasteiger partial charge in [-0.2, -0.15) is 5.26 Å². The maximum absolute atomic E-state index is 10.5. The maximum atomic E-state index is 10.5. The van der Waals surface area contributed by atoms with Crippen LogP contribution in [-0.2, 0) is 0 Å². The fraction of sp³-hybridized carbons (Fsp3) is 0.455. The summed E-state index contributed by atoms with van der Waals surface area (Å²) in [5, 5.41) is 40.6. The summed E-state index contributed by atoms with van der Waals surface area (Å²) in [6.07, 6.45) is 6.23. The van der Waals surface area contributed by atoms with Crippen molar-refractivity contribution in [1.29, 1.82) is 5.26 Å². The van der Waals surface area contributed by atoms with Crippen molar-refractivity contribution in [1.82, 2.24) is 30.7 Å². The van der Waals surface area contributed by atoms with Gasteiger partial charge in [-0.05, 0) is 51.7 Å². The average Bonchev–Trinajstić information content (AvgIpc) is 3.34. The molecule has 2 aliphatic heterocycles. The van der Waals surface area contributed by atoms with Crippen molar-refractivity contribution < 1.29 is 5.11 Å². The van der Waals surface area contributed by atoms with Crippen LogP contribution < -0.4 is 10.2 Å². The normalized spacial score (nSPS) is 26.6. The van der Waals surface area contributed by atoms with Gasteiger partial charge >= 0.3 is 0 Å². The molecular weight excluding hydrogens is 424 g/mol. The van der Waals surface area contributed by atoms with Gasteiger partial charge in [-0.15, -0.1) is 20.4 Å². The molecule has 2 fully saturated rings. The highest BCUT2D eigenvalue weighted by Crippen LogP contribution is 2.43. The van der Waals surface area contributed by atoms with Crippen LogP contribution in [0.3, 0.4) is 0 Å². The highest BCUT2D eigenvalue weighted by atomic mass is 32.1. The van der Waals surface area contributed by atoms with Crippen LogP contribution in [0.2, 0.25) is 0 Å². The summed E-state index contributed by atoms with van der Waals surface area (Å²) in [6.45, 7) is 4.61. The van der Waals surface area contributed by atoms with E-state index in [1.165, 1.54) is 24.2 Å². The standard InChI is InChI=1S/C22H24N8OS/c1-21-6-7-22(2,29-21)10-14(9-21)30(3)17-12-24-19(27-25-17)15-5-4-13(8-16(15)31)20-28-26-18(11-23)32-20/h4-5,8,12,14,29,31H,6-7,9-10H2,1-3H3/t14-,21-,22+. The summed E-state index contributed by atoms with van der Waals surface area (Å²) in [4.78, 5) is 6.65. The van der Waals surface area contributed by atoms with Gasteiger partial charge < -0.3 is 15.3 Å². The number of fused-ring (bicyclic) bond motifs is 2. The minimum Gasteiger partial charge on any atom is -0.507 e. The second kappa shape index (κ2) is 7.46. The number of nitriles is 1. The van der Waals surface area contributed by atoms with Crippen LogP contribution >= 0.6 is 11.3 Å². The van der Waals surface area contributed by atoms with Crippen LogP contribution in [0.25, 0.3) is 22.0 Å². The van der Waals surface area contributed by atoms with Crippen molar-refractivity contribution in [2.24, 2.45) is 0 Å². The van der Waals surface area contributed by atoms with E-state index in [2.05, 4.69) is 56.5 Å². The Morgan fingerprint density at radius 1 is 1.16 bits per heavy atom. The molecule has 9 nitrogen and oxygen atoms in total. The number of aromatic nitrogens is 5. The first-order chi connectivity index (χ1) is 15.3. The van der Waals surface area contributed by atoms with Crippen LogP contribution in [0.4, 0.5) is 5.82 Å². The third-order valence-corrected chi connectivity index (χ3v) is 7.55. The maximum Gasteiger partial charge on any atom is 0.218 e. The van der Waals surface area contributed by atoms with Crippen molar-refractivity contribution >= 4 is 17.2 Å². The van der Waals surface area contributed by atoms with E-state index in [4.69, 9.17) is 5.26 Å². The molecule has 2 aliphatic rings. The fourth-order valence-corrected chi connectivity index (χ4v) is 5.71. The minimum absolute atomic E-state index is 0.0230. The van der Waals surface area contributed by atoms with Crippen molar-refractivity contribution in [2.75, 3.05) is 11.9 Å². The second-order valence-electron chi connectivity index (χ2n) is 9.32. The van der Waals surface area contributed by atoms with Gasteiger partial charge in [-0.1, -0.05) is 17.4 Å². The number of phenols is 1. The summed E-state index contributed by atoms with van der Waals surface area (Å²) >= 11 is 1.17. The Kier molecular flexibility index (Phi) is 4.83. The smallest absolute Gasteiger partial charge is 0.218 e. The first kappa shape index (κ1) is 20.7. The van der Waals surface area contributed by atoms with Crippen molar-refractivity contribution in [2.45, 2.75) is 56.7 Å². The fourth-order valence-electron chi connectivity index (χ4n) is 5.08. The molecule has 3 atom stereocenters. The topological polar surface area (TPSA) is 124 Å². The molecule has 0 unspecified atom stereocenters. The largest absolute Gasteiger partial charge is 0.507 e. The van der Waals surface area contributed by atoms with Gasteiger partial charge in [0, 0.05) is 29.7 Å². The summed E-state index contributed by atoms with van der Waals surface area (Å²) in [5.41, 5.74) is 1.50. The zero-order valence-corrected chi connectivity index (χ0v) is 19.0. The number of piperidine rings is 1. The summed E-state index contributed by atoms with van der Waals surface area (Å²) in [5.74, 6) is 1.10. The van der Waals surface area contributed by atoms with E-state index in [-0.39, 0.29) is 21.8 Å². The molecule has 0 saturated carbocycles. The summed E-state index contributed by atoms with van der Waals surface area (Å²) < 4.78 is 0. The molecule has 2 bridgehead atoms. The van der Waals surface area contributed by atoms with Crippen molar-refractivity contribution in [3.63, 3.8) is 0 Å². The highest BCUT2D eigenvalue weighted by Gasteiger charge is 2.49. The Hall–Kier alpha value is -3.16. The molecule has 0 amide bonds. The lowest BCUT2D eigenvalue weighted by Crippen LogP contribution is -2.58. The van der Waals surface area contributed by atoms with Gasteiger partial charge in [-0.3, -0.25) is 0 Å². The molecular formula is C22H24N8OS. The van der Waals surface area contributed by atoms with Gasteiger partial charge in [0.15, 0.2) is 11.6 Å². The SMILES string of the molecule is CN(c1cnc(-c2ccc(-c3nnc(C#N)s3)cc2O)nn1)[C@H]1C[C@]2(C)CC[C@](C)(C1)N2. The zero-order chi connectivity index (χ0) is 22.5. The summed E-state index contributed by atoms with van der Waals surface area (Å²) in [6, 6.07) is 7.44. The molecule has 1 aromatic carbocycles. The average molecular weight is 449 g/mol. The van der Waals surface area contributed by atoms with Crippen LogP contribution in [0.15, 0.2) is 24.4 Å². The number of rotatable bonds is 4. The molecule has 164 valence electrons. The number of hydrogen-bond donors (Lipinski definition) is 2. The Bertz CT molecular complexity index is 1190. The van der Waals surface area contributed by atoms with Gasteiger partial charge in [0.25, 0.3) is 0 Å². The van der Waals surface area contributed by atoms with Crippen molar-refractivity contribution in [3.05, 3.63) is 29.4 Å². The number of anilines is 1. The number of aromatic hydroxyl groups is 1.